The maximum atomic E-state index is 12.0. The van der Waals surface area contributed by atoms with E-state index in [0.29, 0.717) is 11.3 Å². The summed E-state index contributed by atoms with van der Waals surface area (Å²) in [5.41, 5.74) is 2.01. The number of hydrogen-bond acceptors (Lipinski definition) is 3. The highest BCUT2D eigenvalue weighted by Crippen LogP contribution is 2.25. The highest BCUT2D eigenvalue weighted by atomic mass is 79.9. The Kier molecular flexibility index (Phi) is 5.71. The zero-order chi connectivity index (χ0) is 16.8. The van der Waals surface area contributed by atoms with E-state index in [-0.39, 0.29) is 11.7 Å². The molecule has 2 aromatic rings. The van der Waals surface area contributed by atoms with E-state index < -0.39 is 0 Å². The van der Waals surface area contributed by atoms with Crippen LogP contribution >= 0.6 is 15.9 Å². The molecule has 0 aliphatic rings. The Morgan fingerprint density at radius 3 is 2.61 bits per heavy atom. The highest BCUT2D eigenvalue weighted by molar-refractivity contribution is 9.10. The Balaban J connectivity index is 2.05. The molecule has 0 aromatic heterocycles. The van der Waals surface area contributed by atoms with Gasteiger partial charge >= 0.3 is 0 Å². The summed E-state index contributed by atoms with van der Waals surface area (Å²) in [5.74, 6) is 0.421. The van der Waals surface area contributed by atoms with Crippen molar-refractivity contribution in [3.05, 3.63) is 64.1 Å². The number of methoxy groups -OCH3 is 1. The number of amides is 1. The third-order valence-corrected chi connectivity index (χ3v) is 3.76. The number of anilines is 1. The van der Waals surface area contributed by atoms with Gasteiger partial charge in [-0.3, -0.25) is 9.59 Å². The van der Waals surface area contributed by atoms with Gasteiger partial charge in [0.2, 0.25) is 5.91 Å². The van der Waals surface area contributed by atoms with Gasteiger partial charge in [-0.25, -0.2) is 0 Å². The predicted octanol–water partition coefficient (Wildman–Crippen LogP) is 4.31. The van der Waals surface area contributed by atoms with E-state index >= 15 is 0 Å². The molecule has 0 aliphatic carbocycles. The van der Waals surface area contributed by atoms with Crippen molar-refractivity contribution in [2.45, 2.75) is 6.92 Å². The second kappa shape index (κ2) is 7.74. The van der Waals surface area contributed by atoms with Gasteiger partial charge in [0.05, 0.1) is 11.6 Å². The molecular formula is C18H16BrNO3. The molecule has 4 nitrogen and oxygen atoms in total. The normalized spacial score (nSPS) is 10.6. The molecule has 2 aromatic carbocycles. The van der Waals surface area contributed by atoms with Crippen LogP contribution in [0.4, 0.5) is 5.69 Å². The van der Waals surface area contributed by atoms with Crippen LogP contribution < -0.4 is 10.1 Å². The van der Waals surface area contributed by atoms with Crippen LogP contribution in [0.5, 0.6) is 5.75 Å². The van der Waals surface area contributed by atoms with Crippen LogP contribution in [-0.4, -0.2) is 18.8 Å². The molecular weight excluding hydrogens is 358 g/mol. The summed E-state index contributed by atoms with van der Waals surface area (Å²) in [6.07, 6.45) is 3.14. The van der Waals surface area contributed by atoms with Crippen molar-refractivity contribution in [1.29, 1.82) is 0 Å². The lowest BCUT2D eigenvalue weighted by molar-refractivity contribution is -0.111. The third kappa shape index (κ3) is 4.79. The van der Waals surface area contributed by atoms with E-state index in [4.69, 9.17) is 4.74 Å². The first-order valence-corrected chi connectivity index (χ1v) is 7.72. The van der Waals surface area contributed by atoms with Gasteiger partial charge in [-0.1, -0.05) is 18.2 Å². The summed E-state index contributed by atoms with van der Waals surface area (Å²) in [6, 6.07) is 12.4. The Hall–Kier alpha value is -2.40. The van der Waals surface area contributed by atoms with Crippen molar-refractivity contribution >= 4 is 39.4 Å². The summed E-state index contributed by atoms with van der Waals surface area (Å²) in [4.78, 5) is 23.3. The van der Waals surface area contributed by atoms with Gasteiger partial charge in [-0.05, 0) is 58.8 Å². The topological polar surface area (TPSA) is 55.4 Å². The van der Waals surface area contributed by atoms with E-state index in [1.54, 1.807) is 37.5 Å². The monoisotopic (exact) mass is 373 g/mol. The number of Topliss-reactive ketones (excluding diaryl/α,β-unsaturated/α-hetero) is 1. The Morgan fingerprint density at radius 1 is 1.17 bits per heavy atom. The minimum atomic E-state index is -0.266. The maximum Gasteiger partial charge on any atom is 0.248 e. The molecule has 0 heterocycles. The molecule has 5 heteroatoms. The number of benzene rings is 2. The van der Waals surface area contributed by atoms with E-state index in [2.05, 4.69) is 21.2 Å². The molecule has 0 radical (unpaired) electrons. The smallest absolute Gasteiger partial charge is 0.248 e. The first-order chi connectivity index (χ1) is 11.0. The van der Waals surface area contributed by atoms with E-state index in [1.165, 1.54) is 13.0 Å². The van der Waals surface area contributed by atoms with Crippen molar-refractivity contribution in [3.8, 4) is 5.75 Å². The van der Waals surface area contributed by atoms with Gasteiger partial charge in [-0.2, -0.15) is 0 Å². The maximum absolute atomic E-state index is 12.0. The van der Waals surface area contributed by atoms with Gasteiger partial charge in [0.15, 0.2) is 5.78 Å². The summed E-state index contributed by atoms with van der Waals surface area (Å²) < 4.78 is 5.97. The lowest BCUT2D eigenvalue weighted by atomic mass is 10.1. The number of ether oxygens (including phenoxy) is 1. The van der Waals surface area contributed by atoms with Gasteiger partial charge in [0, 0.05) is 17.3 Å². The third-order valence-electron chi connectivity index (χ3n) is 3.14. The molecule has 23 heavy (non-hydrogen) atoms. The number of hydrogen-bond donors (Lipinski definition) is 1. The number of nitrogens with one attached hydrogen (secondary N) is 1. The van der Waals surface area contributed by atoms with Crippen molar-refractivity contribution in [2.24, 2.45) is 0 Å². The average molecular weight is 374 g/mol. The summed E-state index contributed by atoms with van der Waals surface area (Å²) in [5, 5.41) is 2.73. The molecule has 1 N–H and O–H groups in total. The standard InChI is InChI=1S/C18H16BrNO3/c1-12(21)14-4-3-5-15(11-14)20-18(22)9-7-13-6-8-17(23-2)16(19)10-13/h3-11H,1-2H3,(H,20,22). The van der Waals surface area contributed by atoms with Gasteiger partial charge in [0.25, 0.3) is 0 Å². The number of carbonyl (C=O) groups excluding carboxylic acids is 2. The average Bonchev–Trinajstić information content (AvgIpc) is 2.53. The fourth-order valence-electron chi connectivity index (χ4n) is 1.96. The number of carbonyl (C=O) groups is 2. The quantitative estimate of drug-likeness (QED) is 0.627. The molecule has 0 bridgehead atoms. The SMILES string of the molecule is COc1ccc(C=CC(=O)Nc2cccc(C(C)=O)c2)cc1Br. The Bertz CT molecular complexity index is 769. The van der Waals surface area contributed by atoms with Crippen molar-refractivity contribution < 1.29 is 14.3 Å². The largest absolute Gasteiger partial charge is 0.496 e. The van der Waals surface area contributed by atoms with E-state index in [9.17, 15) is 9.59 Å². The lowest BCUT2D eigenvalue weighted by Gasteiger charge is -2.04. The Morgan fingerprint density at radius 2 is 1.96 bits per heavy atom. The molecule has 1 amide bonds. The van der Waals surface area contributed by atoms with Crippen LogP contribution in [0.15, 0.2) is 53.0 Å². The molecule has 118 valence electrons. The second-order valence-corrected chi connectivity index (χ2v) is 5.71. The van der Waals surface area contributed by atoms with Gasteiger partial charge in [0.1, 0.15) is 5.75 Å². The number of ketones is 1. The fourth-order valence-corrected chi connectivity index (χ4v) is 2.52. The van der Waals surface area contributed by atoms with Crippen molar-refractivity contribution in [1.82, 2.24) is 0 Å². The predicted molar refractivity (Wildman–Crippen MR) is 94.8 cm³/mol. The van der Waals surface area contributed by atoms with Gasteiger partial charge in [-0.15, -0.1) is 0 Å². The van der Waals surface area contributed by atoms with Crippen LogP contribution in [0.2, 0.25) is 0 Å². The van der Waals surface area contributed by atoms with Crippen LogP contribution in [0, 0.1) is 0 Å². The summed E-state index contributed by atoms with van der Waals surface area (Å²) in [7, 11) is 1.60. The molecule has 0 atom stereocenters. The van der Waals surface area contributed by atoms with E-state index in [0.717, 1.165) is 15.8 Å². The first-order valence-electron chi connectivity index (χ1n) is 6.93. The van der Waals surface area contributed by atoms with Gasteiger partial charge < -0.3 is 10.1 Å². The summed E-state index contributed by atoms with van der Waals surface area (Å²) in [6.45, 7) is 1.49. The van der Waals surface area contributed by atoms with Crippen molar-refractivity contribution in [2.75, 3.05) is 12.4 Å². The number of rotatable bonds is 5. The molecule has 0 fully saturated rings. The minimum Gasteiger partial charge on any atom is -0.496 e. The molecule has 0 aliphatic heterocycles. The first kappa shape index (κ1) is 17.0. The molecule has 0 spiro atoms. The highest BCUT2D eigenvalue weighted by Gasteiger charge is 2.03. The fraction of sp³-hybridized carbons (Fsp3) is 0.111. The van der Waals surface area contributed by atoms with Crippen LogP contribution in [0.25, 0.3) is 6.08 Å². The van der Waals surface area contributed by atoms with Crippen LogP contribution in [0.3, 0.4) is 0 Å². The summed E-state index contributed by atoms with van der Waals surface area (Å²) >= 11 is 3.40. The minimum absolute atomic E-state index is 0.0419. The van der Waals surface area contributed by atoms with Crippen LogP contribution in [0.1, 0.15) is 22.8 Å². The van der Waals surface area contributed by atoms with Crippen molar-refractivity contribution in [3.63, 3.8) is 0 Å². The van der Waals surface area contributed by atoms with E-state index in [1.807, 2.05) is 18.2 Å². The zero-order valence-electron chi connectivity index (χ0n) is 12.8. The lowest BCUT2D eigenvalue weighted by Crippen LogP contribution is -2.08. The molecule has 2 rings (SSSR count). The zero-order valence-corrected chi connectivity index (χ0v) is 14.4. The Labute approximate surface area is 143 Å². The number of halogens is 1. The molecule has 0 unspecified atom stereocenters. The second-order valence-electron chi connectivity index (χ2n) is 4.85. The molecule has 0 saturated heterocycles. The molecule has 0 saturated carbocycles. The van der Waals surface area contributed by atoms with Crippen LogP contribution in [-0.2, 0) is 4.79 Å².